The van der Waals surface area contributed by atoms with Gasteiger partial charge in [-0.3, -0.25) is 4.99 Å². The monoisotopic (exact) mass is 92.0 g/mol. The second-order valence-electron chi connectivity index (χ2n) is 1.29. The van der Waals surface area contributed by atoms with Gasteiger partial charge in [0.2, 0.25) is 0 Å². The van der Waals surface area contributed by atoms with E-state index in [0.717, 1.165) is 0 Å². The highest BCUT2D eigenvalue weighted by molar-refractivity contribution is 5.69. The molecule has 0 saturated heterocycles. The van der Waals surface area contributed by atoms with Crippen molar-refractivity contribution in [2.24, 2.45) is 10.9 Å². The van der Waals surface area contributed by atoms with E-state index in [2.05, 4.69) is 4.99 Å². The maximum absolute atomic E-state index is 8.17. The normalized spacial score (nSPS) is 25.3. The first-order valence-electron chi connectivity index (χ1n) is 2.03. The minimum atomic E-state index is -0.0694. The summed E-state index contributed by atoms with van der Waals surface area (Å²) in [5.41, 5.74) is 0. The number of allylic oxidation sites excluding steroid dienone is 1. The van der Waals surface area contributed by atoms with Crippen LogP contribution in [-0.4, -0.2) is 6.21 Å². The summed E-state index contributed by atoms with van der Waals surface area (Å²) in [6, 6.07) is 2.03. The summed E-state index contributed by atoms with van der Waals surface area (Å²) < 4.78 is 0. The van der Waals surface area contributed by atoms with Gasteiger partial charge in [0, 0.05) is 12.4 Å². The van der Waals surface area contributed by atoms with Crippen LogP contribution >= 0.6 is 0 Å². The first-order chi connectivity index (χ1) is 3.43. The predicted octanol–water partition coefficient (Wildman–Crippen LogP) is 0.724. The van der Waals surface area contributed by atoms with Crippen LogP contribution in [0.3, 0.4) is 0 Å². The Kier molecular flexibility index (Phi) is 0.910. The van der Waals surface area contributed by atoms with Crippen molar-refractivity contribution in [3.05, 3.63) is 12.3 Å². The van der Waals surface area contributed by atoms with E-state index in [1.165, 1.54) is 0 Å². The van der Waals surface area contributed by atoms with Gasteiger partial charge < -0.3 is 0 Å². The van der Waals surface area contributed by atoms with E-state index in [9.17, 15) is 0 Å². The van der Waals surface area contributed by atoms with Crippen LogP contribution in [0, 0.1) is 17.2 Å². The van der Waals surface area contributed by atoms with Gasteiger partial charge in [-0.15, -0.1) is 0 Å². The Morgan fingerprint density at radius 1 is 1.71 bits per heavy atom. The Morgan fingerprint density at radius 2 is 2.57 bits per heavy atom. The first kappa shape index (κ1) is 4.07. The maximum atomic E-state index is 8.17. The molecule has 0 spiro atoms. The quantitative estimate of drug-likeness (QED) is 0.433. The lowest BCUT2D eigenvalue weighted by molar-refractivity contribution is 1.20. The summed E-state index contributed by atoms with van der Waals surface area (Å²) in [6.45, 7) is 0. The molecule has 0 fully saturated rings. The van der Waals surface area contributed by atoms with E-state index in [-0.39, 0.29) is 5.92 Å². The molecule has 0 bridgehead atoms. The molecule has 0 amide bonds. The maximum Gasteiger partial charge on any atom is 0.101 e. The number of hydrogen-bond donors (Lipinski definition) is 0. The van der Waals surface area contributed by atoms with Gasteiger partial charge in [0.1, 0.15) is 5.92 Å². The van der Waals surface area contributed by atoms with Crippen LogP contribution in [0.25, 0.3) is 0 Å². The molecule has 0 aromatic heterocycles. The van der Waals surface area contributed by atoms with Crippen LogP contribution in [0.2, 0.25) is 0 Å². The molecule has 1 rings (SSSR count). The molecule has 1 heterocycles. The molecule has 1 aliphatic rings. The van der Waals surface area contributed by atoms with Crippen molar-refractivity contribution in [3.63, 3.8) is 0 Å². The zero-order valence-corrected chi connectivity index (χ0v) is 3.70. The minimum Gasteiger partial charge on any atom is -0.268 e. The van der Waals surface area contributed by atoms with Crippen LogP contribution in [0.5, 0.6) is 0 Å². The third kappa shape index (κ3) is 0.660. The van der Waals surface area contributed by atoms with E-state index >= 15 is 0 Å². The summed E-state index contributed by atoms with van der Waals surface area (Å²) >= 11 is 0. The lowest BCUT2D eigenvalue weighted by Crippen LogP contribution is -1.85. The van der Waals surface area contributed by atoms with E-state index in [4.69, 9.17) is 5.26 Å². The molecule has 34 valence electrons. The zero-order chi connectivity index (χ0) is 5.11. The Balaban J connectivity index is 2.65. The summed E-state index contributed by atoms with van der Waals surface area (Å²) in [6.07, 6.45) is 4.99. The van der Waals surface area contributed by atoms with Crippen LogP contribution in [0.1, 0.15) is 0 Å². The lowest BCUT2D eigenvalue weighted by atomic mass is 10.2. The summed E-state index contributed by atoms with van der Waals surface area (Å²) in [5.74, 6) is -0.0694. The fourth-order valence-corrected chi connectivity index (χ4v) is 0.411. The molecule has 0 saturated carbocycles. The predicted molar refractivity (Wildman–Crippen MR) is 26.7 cm³/mol. The summed E-state index contributed by atoms with van der Waals surface area (Å²) in [7, 11) is 0. The zero-order valence-electron chi connectivity index (χ0n) is 3.70. The average molecular weight is 92.1 g/mol. The second-order valence-corrected chi connectivity index (χ2v) is 1.29. The third-order valence-corrected chi connectivity index (χ3v) is 0.775. The molecule has 1 atom stereocenters. The number of nitrogens with zero attached hydrogens (tertiary/aromatic N) is 2. The van der Waals surface area contributed by atoms with Gasteiger partial charge in [0.15, 0.2) is 0 Å². The SMILES string of the molecule is N#CC1C=CN=C1. The van der Waals surface area contributed by atoms with E-state index in [1.807, 2.05) is 6.07 Å². The van der Waals surface area contributed by atoms with Gasteiger partial charge in [-0.1, -0.05) is 0 Å². The van der Waals surface area contributed by atoms with Gasteiger partial charge in [0.05, 0.1) is 6.07 Å². The highest BCUT2D eigenvalue weighted by atomic mass is 14.7. The Labute approximate surface area is 41.8 Å². The lowest BCUT2D eigenvalue weighted by Gasteiger charge is -1.78. The minimum absolute atomic E-state index is 0.0694. The number of hydrogen-bond acceptors (Lipinski definition) is 2. The first-order valence-corrected chi connectivity index (χ1v) is 2.03. The van der Waals surface area contributed by atoms with Gasteiger partial charge >= 0.3 is 0 Å². The van der Waals surface area contributed by atoms with Gasteiger partial charge in [-0.2, -0.15) is 5.26 Å². The molecule has 7 heavy (non-hydrogen) atoms. The average Bonchev–Trinajstić information content (AvgIpc) is 2.14. The second kappa shape index (κ2) is 1.57. The van der Waals surface area contributed by atoms with E-state index in [0.29, 0.717) is 0 Å². The molecule has 0 aromatic carbocycles. The van der Waals surface area contributed by atoms with Crippen LogP contribution < -0.4 is 0 Å². The number of nitriles is 1. The molecule has 0 aromatic rings. The molecule has 0 aliphatic carbocycles. The topological polar surface area (TPSA) is 36.1 Å². The van der Waals surface area contributed by atoms with Crippen LogP contribution in [-0.2, 0) is 0 Å². The van der Waals surface area contributed by atoms with E-state index in [1.54, 1.807) is 18.5 Å². The fraction of sp³-hybridized carbons (Fsp3) is 0.200. The Bertz CT molecular complexity index is 138. The smallest absolute Gasteiger partial charge is 0.101 e. The van der Waals surface area contributed by atoms with Crippen molar-refractivity contribution in [3.8, 4) is 6.07 Å². The Morgan fingerprint density at radius 3 is 2.86 bits per heavy atom. The van der Waals surface area contributed by atoms with Crippen LogP contribution in [0.15, 0.2) is 17.3 Å². The van der Waals surface area contributed by atoms with Gasteiger partial charge in [-0.25, -0.2) is 0 Å². The fourth-order valence-electron chi connectivity index (χ4n) is 0.411. The van der Waals surface area contributed by atoms with Crippen molar-refractivity contribution in [1.29, 1.82) is 5.26 Å². The standard InChI is InChI=1S/C5H4N2/c6-3-5-1-2-7-4-5/h1-2,4-5H. The summed E-state index contributed by atoms with van der Waals surface area (Å²) in [4.78, 5) is 3.71. The van der Waals surface area contributed by atoms with E-state index < -0.39 is 0 Å². The Hall–Kier alpha value is -1.10. The number of rotatable bonds is 0. The van der Waals surface area contributed by atoms with Crippen molar-refractivity contribution in [2.75, 3.05) is 0 Å². The molecule has 0 radical (unpaired) electrons. The molecule has 2 nitrogen and oxygen atoms in total. The highest BCUT2D eigenvalue weighted by Gasteiger charge is 1.98. The highest BCUT2D eigenvalue weighted by Crippen LogP contribution is 1.98. The molecular weight excluding hydrogens is 88.1 g/mol. The van der Waals surface area contributed by atoms with Crippen LogP contribution in [0.4, 0.5) is 0 Å². The van der Waals surface area contributed by atoms with Gasteiger partial charge in [-0.05, 0) is 6.08 Å². The largest absolute Gasteiger partial charge is 0.268 e. The van der Waals surface area contributed by atoms with Crippen molar-refractivity contribution >= 4 is 6.21 Å². The third-order valence-electron chi connectivity index (χ3n) is 0.775. The molecule has 2 heteroatoms. The molecule has 1 aliphatic heterocycles. The van der Waals surface area contributed by atoms with Gasteiger partial charge in [0.25, 0.3) is 0 Å². The number of aliphatic imine (C=N–C) groups is 1. The van der Waals surface area contributed by atoms with Crippen molar-refractivity contribution < 1.29 is 0 Å². The van der Waals surface area contributed by atoms with Crippen molar-refractivity contribution in [2.45, 2.75) is 0 Å². The molecule has 1 unspecified atom stereocenters. The van der Waals surface area contributed by atoms with Crippen molar-refractivity contribution in [1.82, 2.24) is 0 Å². The molecular formula is C5H4N2. The summed E-state index contributed by atoms with van der Waals surface area (Å²) in [5, 5.41) is 8.17. The molecule has 0 N–H and O–H groups in total.